The highest BCUT2D eigenvalue weighted by Crippen LogP contribution is 2.59. The van der Waals surface area contributed by atoms with Gasteiger partial charge in [0.15, 0.2) is 11.1 Å². The van der Waals surface area contributed by atoms with Gasteiger partial charge >= 0.3 is 29.7 Å². The third-order valence-electron chi connectivity index (χ3n) is 5.28. The van der Waals surface area contributed by atoms with Crippen molar-refractivity contribution >= 4 is 49.6 Å². The molecule has 5 nitrogen and oxygen atoms in total. The summed E-state index contributed by atoms with van der Waals surface area (Å²) in [5.74, 6) is -12.4. The molecular weight excluding hydrogens is 649 g/mol. The third-order valence-corrected chi connectivity index (χ3v) is 6.98. The predicted octanol–water partition coefficient (Wildman–Crippen LogP) is 6.74. The molecule has 0 aliphatic heterocycles. The number of halogens is 12. The second-order valence-electron chi connectivity index (χ2n) is 7.68. The van der Waals surface area contributed by atoms with Crippen LogP contribution < -0.4 is 10.0 Å². The van der Waals surface area contributed by atoms with E-state index in [2.05, 4.69) is 15.9 Å². The number of hydrogen-bond donors (Lipinski definition) is 1. The molecule has 1 amide bonds. The molecule has 39 heavy (non-hydrogen) atoms. The van der Waals surface area contributed by atoms with Crippen LogP contribution in [0.25, 0.3) is 10.9 Å². The van der Waals surface area contributed by atoms with E-state index in [0.29, 0.717) is 10.1 Å². The van der Waals surface area contributed by atoms with E-state index < -0.39 is 73.5 Å². The Morgan fingerprint density at radius 2 is 1.56 bits per heavy atom. The van der Waals surface area contributed by atoms with Crippen LogP contribution in [0.4, 0.5) is 54.0 Å². The maximum Gasteiger partial charge on any atom is 0.457 e. The lowest BCUT2D eigenvalue weighted by Crippen LogP contribution is -2.59. The van der Waals surface area contributed by atoms with E-state index in [1.807, 2.05) is 5.32 Å². The monoisotopic (exact) mass is 658 g/mol. The summed E-state index contributed by atoms with van der Waals surface area (Å²) in [4.78, 5) is 11.1. The average molecular weight is 659 g/mol. The van der Waals surface area contributed by atoms with Crippen molar-refractivity contribution in [2.24, 2.45) is 0 Å². The second-order valence-corrected chi connectivity index (χ2v) is 9.92. The van der Waals surface area contributed by atoms with Crippen molar-refractivity contribution in [3.63, 3.8) is 0 Å². The van der Waals surface area contributed by atoms with Crippen molar-refractivity contribution in [3.05, 3.63) is 69.5 Å². The lowest BCUT2D eigenvalue weighted by Gasteiger charge is -2.36. The first-order chi connectivity index (χ1) is 17.7. The van der Waals surface area contributed by atoms with Gasteiger partial charge in [-0.1, -0.05) is 0 Å². The average Bonchev–Trinajstić information content (AvgIpc) is 2.82. The molecule has 1 heterocycles. The molecular formula is C21H10BrF11N2O3S. The summed E-state index contributed by atoms with van der Waals surface area (Å²) in [6.45, 7) is 0. The summed E-state index contributed by atoms with van der Waals surface area (Å²) < 4.78 is 160. The highest BCUT2D eigenvalue weighted by molar-refractivity contribution is 9.10. The molecule has 18 heteroatoms. The van der Waals surface area contributed by atoms with Gasteiger partial charge in [0, 0.05) is 39.2 Å². The molecule has 0 radical (unpaired) electrons. The number of amides is 1. The minimum absolute atomic E-state index is 0.0716. The molecule has 212 valence electrons. The molecule has 2 atom stereocenters. The highest BCUT2D eigenvalue weighted by atomic mass is 79.9. The van der Waals surface area contributed by atoms with E-state index in [0.717, 1.165) is 18.3 Å². The summed E-state index contributed by atoms with van der Waals surface area (Å²) in [5.41, 5.74) is -10.5. The minimum atomic E-state index is -7.13. The number of aromatic nitrogens is 1. The number of alkyl halides is 11. The van der Waals surface area contributed by atoms with Crippen molar-refractivity contribution in [1.29, 1.82) is 0 Å². The van der Waals surface area contributed by atoms with Crippen LogP contribution in [0.5, 0.6) is 0 Å². The van der Waals surface area contributed by atoms with E-state index in [1.165, 1.54) is 18.2 Å². The Kier molecular flexibility index (Phi) is 8.08. The maximum absolute atomic E-state index is 15.0. The molecule has 1 aromatic heterocycles. The first-order valence-electron chi connectivity index (χ1n) is 9.90. The zero-order valence-electron chi connectivity index (χ0n) is 18.3. The van der Waals surface area contributed by atoms with E-state index in [9.17, 15) is 62.8 Å². The first-order valence-corrected chi connectivity index (χ1v) is 11.9. The molecule has 2 unspecified atom stereocenters. The number of nitrogens with zero attached hydrogens (tertiary/aromatic N) is 1. The van der Waals surface area contributed by atoms with Gasteiger partial charge in [-0.05, 0) is 40.2 Å². The molecule has 0 saturated carbocycles. The van der Waals surface area contributed by atoms with E-state index in [-0.39, 0.29) is 17.1 Å². The number of rotatable bonds is 6. The molecule has 3 aromatic rings. The zero-order valence-corrected chi connectivity index (χ0v) is 20.7. The Balaban J connectivity index is 2.21. The van der Waals surface area contributed by atoms with Gasteiger partial charge in [-0.3, -0.25) is 4.79 Å². The van der Waals surface area contributed by atoms with Crippen LogP contribution in [0.1, 0.15) is 15.9 Å². The fourth-order valence-corrected chi connectivity index (χ4v) is 4.87. The number of hydrogen-bond acceptors (Lipinski definition) is 3. The predicted molar refractivity (Wildman–Crippen MR) is 117 cm³/mol. The molecule has 1 N–H and O–H groups in total. The zero-order chi connectivity index (χ0) is 29.7. The Morgan fingerprint density at radius 3 is 2.10 bits per heavy atom. The first kappa shape index (κ1) is 30.7. The van der Waals surface area contributed by atoms with Crippen LogP contribution in [0.15, 0.2) is 58.0 Å². The number of carbonyl (C=O) groups is 1. The van der Waals surface area contributed by atoms with Gasteiger partial charge in [-0.2, -0.15) is 48.6 Å². The molecule has 0 spiro atoms. The molecule has 2 aromatic carbocycles. The van der Waals surface area contributed by atoms with Crippen LogP contribution >= 0.6 is 15.9 Å². The number of nitrogens with one attached hydrogen (secondary N) is 1. The molecule has 0 aliphatic rings. The topological polar surface area (TPSA) is 79.1 Å². The Labute approximate surface area is 221 Å². The van der Waals surface area contributed by atoms with Crippen molar-refractivity contribution in [2.45, 2.75) is 34.6 Å². The fraction of sp³-hybridized carbons (Fsp3) is 0.238. The van der Waals surface area contributed by atoms with Crippen LogP contribution in [-0.4, -0.2) is 34.5 Å². The largest absolute Gasteiger partial charge is 0.618 e. The van der Waals surface area contributed by atoms with Crippen LogP contribution in [0.3, 0.4) is 0 Å². The van der Waals surface area contributed by atoms with Crippen LogP contribution in [0, 0.1) is 5.21 Å². The molecule has 0 bridgehead atoms. The van der Waals surface area contributed by atoms with Crippen molar-refractivity contribution in [1.82, 2.24) is 0 Å². The minimum Gasteiger partial charge on any atom is -0.618 e. The summed E-state index contributed by atoms with van der Waals surface area (Å²) in [7, 11) is 0. The number of benzene rings is 2. The normalized spacial score (nSPS) is 15.3. The fourth-order valence-electron chi connectivity index (χ4n) is 3.38. The number of carbonyl (C=O) groups excluding carboxylic acids is 1. The Hall–Kier alpha value is -2.86. The number of pyridine rings is 1. The van der Waals surface area contributed by atoms with Gasteiger partial charge < -0.3 is 15.1 Å². The van der Waals surface area contributed by atoms with Crippen molar-refractivity contribution in [3.8, 4) is 0 Å². The van der Waals surface area contributed by atoms with Crippen molar-refractivity contribution < 1.29 is 62.4 Å². The number of anilines is 1. The van der Waals surface area contributed by atoms with Crippen LogP contribution in [0.2, 0.25) is 0 Å². The Bertz CT molecular complexity index is 1420. The van der Waals surface area contributed by atoms with Crippen molar-refractivity contribution in [2.75, 3.05) is 5.32 Å². The molecule has 0 fully saturated rings. The highest BCUT2D eigenvalue weighted by Gasteiger charge is 2.82. The Morgan fingerprint density at radius 1 is 0.949 bits per heavy atom. The van der Waals surface area contributed by atoms with Gasteiger partial charge in [-0.25, -0.2) is 4.39 Å². The third kappa shape index (κ3) is 5.32. The summed E-state index contributed by atoms with van der Waals surface area (Å²) >= 11 is -1.33. The van der Waals surface area contributed by atoms with Gasteiger partial charge in [0.1, 0.15) is 5.69 Å². The van der Waals surface area contributed by atoms with Gasteiger partial charge in [-0.15, -0.1) is 0 Å². The summed E-state index contributed by atoms with van der Waals surface area (Å²) in [6, 6.07) is 5.46. The molecule has 3 rings (SSSR count). The molecule has 0 aliphatic carbocycles. The van der Waals surface area contributed by atoms with Gasteiger partial charge in [0.05, 0.1) is 11.2 Å². The lowest BCUT2D eigenvalue weighted by molar-refractivity contribution is -0.577. The van der Waals surface area contributed by atoms with E-state index in [4.69, 9.17) is 0 Å². The molecule has 0 saturated heterocycles. The van der Waals surface area contributed by atoms with Crippen LogP contribution in [-0.2, 0) is 16.8 Å². The second kappa shape index (κ2) is 10.3. The standard InChI is InChI=1S/C21H10BrF11N2O3S/c22-12-7-11(18(25,20(28,29)30)19(26,27)21(31,32)33)8-14(39(38)17(23)24)15(12)34-16(36)10-4-3-9-2-1-5-35(37)13(9)6-10/h1-8,17H,(H,34,36). The van der Waals surface area contributed by atoms with Gasteiger partial charge in [0.2, 0.25) is 5.52 Å². The van der Waals surface area contributed by atoms with E-state index in [1.54, 1.807) is 0 Å². The SMILES string of the molecule is O=C(Nc1c(Br)cc(C(F)(C(F)(F)F)C(F)(F)C(F)(F)F)cc1[S+]([O-])C(F)F)c1ccc2ccc[n+]([O-])c2c1. The van der Waals surface area contributed by atoms with E-state index >= 15 is 0 Å². The summed E-state index contributed by atoms with van der Waals surface area (Å²) in [6.07, 6.45) is -13.0. The summed E-state index contributed by atoms with van der Waals surface area (Å²) in [5, 5.41) is 14.1. The number of fused-ring (bicyclic) bond motifs is 1. The maximum atomic E-state index is 15.0. The van der Waals surface area contributed by atoms with Gasteiger partial charge in [0.25, 0.3) is 5.91 Å². The quantitative estimate of drug-likeness (QED) is 0.138. The smallest absolute Gasteiger partial charge is 0.457 e. The lowest BCUT2D eigenvalue weighted by atomic mass is 9.87.